The van der Waals surface area contributed by atoms with Crippen molar-refractivity contribution in [2.45, 2.75) is 26.3 Å². The second-order valence-electron chi connectivity index (χ2n) is 5.70. The van der Waals surface area contributed by atoms with E-state index in [1.165, 1.54) is 9.75 Å². The van der Waals surface area contributed by atoms with Gasteiger partial charge in [-0.1, -0.05) is 6.07 Å². The normalized spacial score (nSPS) is 18.2. The SMILES string of the molecule is Cc1ccc(CNC(=O)[C@H]2CCCN(c3ccccn3)C2)s1. The Hall–Kier alpha value is -1.88. The second-order valence-corrected chi connectivity index (χ2v) is 7.08. The Balaban J connectivity index is 1.56. The summed E-state index contributed by atoms with van der Waals surface area (Å²) in [6.07, 6.45) is 3.80. The van der Waals surface area contributed by atoms with Crippen LogP contribution in [0.3, 0.4) is 0 Å². The highest BCUT2D eigenvalue weighted by molar-refractivity contribution is 7.11. The fourth-order valence-corrected chi connectivity index (χ4v) is 3.67. The van der Waals surface area contributed by atoms with Crippen LogP contribution < -0.4 is 10.2 Å². The van der Waals surface area contributed by atoms with E-state index >= 15 is 0 Å². The topological polar surface area (TPSA) is 45.2 Å². The molecule has 4 nitrogen and oxygen atoms in total. The molecule has 0 saturated carbocycles. The second kappa shape index (κ2) is 6.92. The van der Waals surface area contributed by atoms with Crippen molar-refractivity contribution in [1.29, 1.82) is 0 Å². The van der Waals surface area contributed by atoms with Gasteiger partial charge < -0.3 is 10.2 Å². The lowest BCUT2D eigenvalue weighted by Gasteiger charge is -2.32. The molecule has 0 spiro atoms. The molecular formula is C17H21N3OS. The zero-order valence-corrected chi connectivity index (χ0v) is 13.6. The first-order valence-corrected chi connectivity index (χ1v) is 8.53. The van der Waals surface area contributed by atoms with E-state index in [2.05, 4.69) is 34.3 Å². The molecule has 0 bridgehead atoms. The van der Waals surface area contributed by atoms with Crippen LogP contribution in [-0.4, -0.2) is 24.0 Å². The maximum Gasteiger partial charge on any atom is 0.225 e. The standard InChI is InChI=1S/C17H21N3OS/c1-13-7-8-15(22-13)11-19-17(21)14-5-4-10-20(12-14)16-6-2-3-9-18-16/h2-3,6-9,14H,4-5,10-12H2,1H3,(H,19,21)/t14-/m0/s1. The van der Waals surface area contributed by atoms with Gasteiger partial charge in [0.25, 0.3) is 0 Å². The molecule has 116 valence electrons. The number of carbonyl (C=O) groups is 1. The smallest absolute Gasteiger partial charge is 0.225 e. The van der Waals surface area contributed by atoms with Gasteiger partial charge in [-0.15, -0.1) is 11.3 Å². The monoisotopic (exact) mass is 315 g/mol. The van der Waals surface area contributed by atoms with Gasteiger partial charge in [-0.05, 0) is 44.0 Å². The summed E-state index contributed by atoms with van der Waals surface area (Å²) < 4.78 is 0. The quantitative estimate of drug-likeness (QED) is 0.943. The minimum atomic E-state index is 0.0526. The van der Waals surface area contributed by atoms with Crippen molar-refractivity contribution in [3.05, 3.63) is 46.3 Å². The summed E-state index contributed by atoms with van der Waals surface area (Å²) in [5.41, 5.74) is 0. The Bertz CT molecular complexity index is 626. The number of aromatic nitrogens is 1. The third-order valence-electron chi connectivity index (χ3n) is 4.00. The van der Waals surface area contributed by atoms with Crippen LogP contribution in [0.2, 0.25) is 0 Å². The number of piperidine rings is 1. The molecule has 0 radical (unpaired) electrons. The number of pyridine rings is 1. The zero-order chi connectivity index (χ0) is 15.4. The van der Waals surface area contributed by atoms with Gasteiger partial charge in [-0.25, -0.2) is 4.98 Å². The number of hydrogen-bond donors (Lipinski definition) is 1. The molecule has 3 heterocycles. The molecule has 1 aliphatic rings. The van der Waals surface area contributed by atoms with Gasteiger partial charge in [0.1, 0.15) is 5.82 Å². The zero-order valence-electron chi connectivity index (χ0n) is 12.8. The van der Waals surface area contributed by atoms with Crippen molar-refractivity contribution in [2.75, 3.05) is 18.0 Å². The van der Waals surface area contributed by atoms with Crippen molar-refractivity contribution < 1.29 is 4.79 Å². The summed E-state index contributed by atoms with van der Waals surface area (Å²) in [4.78, 5) is 21.5. The maximum absolute atomic E-state index is 12.4. The van der Waals surface area contributed by atoms with Gasteiger partial charge >= 0.3 is 0 Å². The summed E-state index contributed by atoms with van der Waals surface area (Å²) in [6.45, 7) is 4.45. The van der Waals surface area contributed by atoms with Gasteiger partial charge in [-0.3, -0.25) is 4.79 Å². The molecule has 5 heteroatoms. The molecule has 0 aromatic carbocycles. The summed E-state index contributed by atoms with van der Waals surface area (Å²) in [5.74, 6) is 1.18. The van der Waals surface area contributed by atoms with E-state index in [-0.39, 0.29) is 11.8 Å². The number of thiophene rings is 1. The number of nitrogens with zero attached hydrogens (tertiary/aromatic N) is 2. The molecule has 2 aromatic rings. The molecule has 2 aromatic heterocycles. The molecule has 1 fully saturated rings. The summed E-state index contributed by atoms with van der Waals surface area (Å²) in [5, 5.41) is 3.08. The van der Waals surface area contributed by atoms with Crippen LogP contribution in [0.15, 0.2) is 36.5 Å². The van der Waals surface area contributed by atoms with Crippen LogP contribution in [0.5, 0.6) is 0 Å². The lowest BCUT2D eigenvalue weighted by atomic mass is 9.97. The van der Waals surface area contributed by atoms with Crippen LogP contribution in [-0.2, 0) is 11.3 Å². The van der Waals surface area contributed by atoms with Crippen molar-refractivity contribution in [1.82, 2.24) is 10.3 Å². The van der Waals surface area contributed by atoms with Crippen LogP contribution in [0.4, 0.5) is 5.82 Å². The summed E-state index contributed by atoms with van der Waals surface area (Å²) in [7, 11) is 0. The minimum absolute atomic E-state index is 0.0526. The average molecular weight is 315 g/mol. The highest BCUT2D eigenvalue weighted by Gasteiger charge is 2.26. The molecule has 1 saturated heterocycles. The van der Waals surface area contributed by atoms with E-state index < -0.39 is 0 Å². The van der Waals surface area contributed by atoms with Gasteiger partial charge in [0.15, 0.2) is 0 Å². The Morgan fingerprint density at radius 2 is 2.32 bits per heavy atom. The van der Waals surface area contributed by atoms with Gasteiger partial charge in [0, 0.05) is 29.0 Å². The first kappa shape index (κ1) is 15.0. The highest BCUT2D eigenvalue weighted by atomic mass is 32.1. The summed E-state index contributed by atoms with van der Waals surface area (Å²) in [6, 6.07) is 10.1. The largest absolute Gasteiger partial charge is 0.356 e. The van der Waals surface area contributed by atoms with Crippen LogP contribution in [0.25, 0.3) is 0 Å². The average Bonchev–Trinajstić information content (AvgIpc) is 2.99. The number of nitrogens with one attached hydrogen (secondary N) is 1. The first-order chi connectivity index (χ1) is 10.7. The number of amides is 1. The third-order valence-corrected chi connectivity index (χ3v) is 5.00. The van der Waals surface area contributed by atoms with Crippen molar-refractivity contribution in [2.24, 2.45) is 5.92 Å². The molecule has 1 atom stereocenters. The lowest BCUT2D eigenvalue weighted by Crippen LogP contribution is -2.43. The molecule has 0 aliphatic carbocycles. The minimum Gasteiger partial charge on any atom is -0.356 e. The van der Waals surface area contributed by atoms with E-state index in [1.807, 2.05) is 18.2 Å². The fraction of sp³-hybridized carbons (Fsp3) is 0.412. The number of anilines is 1. The molecule has 1 N–H and O–H groups in total. The Morgan fingerprint density at radius 3 is 3.05 bits per heavy atom. The Labute approximate surface area is 135 Å². The molecular weight excluding hydrogens is 294 g/mol. The number of hydrogen-bond acceptors (Lipinski definition) is 4. The lowest BCUT2D eigenvalue weighted by molar-refractivity contribution is -0.125. The number of rotatable bonds is 4. The van der Waals surface area contributed by atoms with Crippen LogP contribution >= 0.6 is 11.3 Å². The fourth-order valence-electron chi connectivity index (χ4n) is 2.84. The molecule has 3 rings (SSSR count). The van der Waals surface area contributed by atoms with E-state index in [4.69, 9.17) is 0 Å². The molecule has 1 aliphatic heterocycles. The molecule has 1 amide bonds. The first-order valence-electron chi connectivity index (χ1n) is 7.71. The number of carbonyl (C=O) groups excluding carboxylic acids is 1. The van der Waals surface area contributed by atoms with E-state index in [0.717, 1.165) is 31.7 Å². The van der Waals surface area contributed by atoms with Crippen molar-refractivity contribution >= 4 is 23.1 Å². The predicted molar refractivity (Wildman–Crippen MR) is 90.1 cm³/mol. The van der Waals surface area contributed by atoms with Gasteiger partial charge in [-0.2, -0.15) is 0 Å². The number of aryl methyl sites for hydroxylation is 1. The molecule has 22 heavy (non-hydrogen) atoms. The predicted octanol–water partition coefficient (Wildman–Crippen LogP) is 2.98. The Morgan fingerprint density at radius 1 is 1.41 bits per heavy atom. The maximum atomic E-state index is 12.4. The van der Waals surface area contributed by atoms with E-state index in [1.54, 1.807) is 17.5 Å². The third kappa shape index (κ3) is 3.65. The van der Waals surface area contributed by atoms with Crippen LogP contribution in [0.1, 0.15) is 22.6 Å². The van der Waals surface area contributed by atoms with Gasteiger partial charge in [0.2, 0.25) is 5.91 Å². The highest BCUT2D eigenvalue weighted by Crippen LogP contribution is 2.22. The van der Waals surface area contributed by atoms with Gasteiger partial charge in [0.05, 0.1) is 12.5 Å². The van der Waals surface area contributed by atoms with Crippen molar-refractivity contribution in [3.63, 3.8) is 0 Å². The summed E-state index contributed by atoms with van der Waals surface area (Å²) >= 11 is 1.74. The molecule has 0 unspecified atom stereocenters. The Kier molecular flexibility index (Phi) is 4.73. The van der Waals surface area contributed by atoms with E-state index in [9.17, 15) is 4.79 Å². The van der Waals surface area contributed by atoms with E-state index in [0.29, 0.717) is 6.54 Å². The van der Waals surface area contributed by atoms with Crippen LogP contribution in [0, 0.1) is 12.8 Å². The van der Waals surface area contributed by atoms with Crippen molar-refractivity contribution in [3.8, 4) is 0 Å².